The summed E-state index contributed by atoms with van der Waals surface area (Å²) >= 11 is 1.62. The zero-order valence-electron chi connectivity index (χ0n) is 8.23. The molecule has 0 amide bonds. The molecule has 1 fully saturated rings. The summed E-state index contributed by atoms with van der Waals surface area (Å²) in [5.41, 5.74) is 0. The Morgan fingerprint density at radius 2 is 2.36 bits per heavy atom. The van der Waals surface area contributed by atoms with Crippen molar-refractivity contribution in [1.29, 1.82) is 0 Å². The predicted octanol–water partition coefficient (Wildman–Crippen LogP) is 1.60. The fourth-order valence-corrected chi connectivity index (χ4v) is 2.23. The Labute approximate surface area is 87.4 Å². The largest absolute Gasteiger partial charge is 0.394 e. The average molecular weight is 213 g/mol. The number of aliphatic hydroxyl groups excluding tert-OH is 1. The summed E-state index contributed by atoms with van der Waals surface area (Å²) in [6.07, 6.45) is 3.41. The molecule has 0 bridgehead atoms. The molecule has 2 N–H and O–H groups in total. The summed E-state index contributed by atoms with van der Waals surface area (Å²) in [5, 5.41) is 22.3. The maximum Gasteiger partial charge on any atom is 0.205 e. The van der Waals surface area contributed by atoms with Crippen LogP contribution < -0.4 is 5.32 Å². The molecule has 4 nitrogen and oxygen atoms in total. The summed E-state index contributed by atoms with van der Waals surface area (Å²) in [4.78, 5) is 0. The van der Waals surface area contributed by atoms with Gasteiger partial charge >= 0.3 is 0 Å². The molecule has 1 aliphatic carbocycles. The van der Waals surface area contributed by atoms with Crippen LogP contribution in [0.5, 0.6) is 0 Å². The molecule has 2 rings (SSSR count). The van der Waals surface area contributed by atoms with Crippen molar-refractivity contribution >= 4 is 16.5 Å². The summed E-state index contributed by atoms with van der Waals surface area (Å²) in [6.45, 7) is 2.19. The topological polar surface area (TPSA) is 58.0 Å². The summed E-state index contributed by atoms with van der Waals surface area (Å²) in [5.74, 6) is 0.664. The lowest BCUT2D eigenvalue weighted by atomic mass is 10.2. The van der Waals surface area contributed by atoms with Gasteiger partial charge in [0.15, 0.2) is 0 Å². The molecule has 1 aromatic heterocycles. The first-order valence-corrected chi connectivity index (χ1v) is 5.86. The Morgan fingerprint density at radius 1 is 1.57 bits per heavy atom. The number of nitrogens with one attached hydrogen (secondary N) is 1. The van der Waals surface area contributed by atoms with Gasteiger partial charge in [-0.15, -0.1) is 10.2 Å². The van der Waals surface area contributed by atoms with Crippen LogP contribution >= 0.6 is 11.3 Å². The molecule has 0 aliphatic heterocycles. The molecular weight excluding hydrogens is 198 g/mol. The van der Waals surface area contributed by atoms with Crippen LogP contribution in [0.25, 0.3) is 0 Å². The number of nitrogens with zero attached hydrogens (tertiary/aromatic N) is 2. The monoisotopic (exact) mass is 213 g/mol. The van der Waals surface area contributed by atoms with Crippen molar-refractivity contribution in [2.75, 3.05) is 11.9 Å². The van der Waals surface area contributed by atoms with Gasteiger partial charge in [0.2, 0.25) is 5.13 Å². The van der Waals surface area contributed by atoms with Gasteiger partial charge in [0.1, 0.15) is 5.01 Å². The highest BCUT2D eigenvalue weighted by molar-refractivity contribution is 7.15. The molecule has 0 aromatic carbocycles. The molecule has 1 aromatic rings. The highest BCUT2D eigenvalue weighted by Gasteiger charge is 2.27. The lowest BCUT2D eigenvalue weighted by Gasteiger charge is -2.11. The van der Waals surface area contributed by atoms with Gasteiger partial charge in [0.05, 0.1) is 12.6 Å². The zero-order chi connectivity index (χ0) is 9.97. The smallest absolute Gasteiger partial charge is 0.205 e. The van der Waals surface area contributed by atoms with E-state index >= 15 is 0 Å². The van der Waals surface area contributed by atoms with Gasteiger partial charge in [-0.2, -0.15) is 0 Å². The normalized spacial score (nSPS) is 18.1. The van der Waals surface area contributed by atoms with Crippen LogP contribution in [0.4, 0.5) is 5.13 Å². The summed E-state index contributed by atoms with van der Waals surface area (Å²) in [7, 11) is 0. The molecule has 1 aliphatic rings. The first kappa shape index (κ1) is 9.86. The second-order valence-corrected chi connectivity index (χ2v) is 4.66. The standard InChI is InChI=1S/C9H15N3OS/c1-2-7(5-13)10-9-12-11-8(14-9)6-3-4-6/h6-7,13H,2-5H2,1H3,(H,10,12). The van der Waals surface area contributed by atoms with Crippen LogP contribution in [0.2, 0.25) is 0 Å². The molecule has 0 saturated heterocycles. The Bertz CT molecular complexity index is 294. The lowest BCUT2D eigenvalue weighted by molar-refractivity contribution is 0.272. The van der Waals surface area contributed by atoms with Crippen molar-refractivity contribution in [3.8, 4) is 0 Å². The SMILES string of the molecule is CCC(CO)Nc1nnc(C2CC2)s1. The number of aromatic nitrogens is 2. The molecule has 1 heterocycles. The number of anilines is 1. The maximum atomic E-state index is 9.01. The van der Waals surface area contributed by atoms with Crippen molar-refractivity contribution in [3.05, 3.63) is 5.01 Å². The first-order valence-electron chi connectivity index (χ1n) is 5.04. The Hall–Kier alpha value is -0.680. The van der Waals surface area contributed by atoms with E-state index < -0.39 is 0 Å². The van der Waals surface area contributed by atoms with Crippen LogP contribution in [0.15, 0.2) is 0 Å². The molecule has 0 spiro atoms. The minimum atomic E-state index is 0.106. The van der Waals surface area contributed by atoms with Gasteiger partial charge in [0, 0.05) is 5.92 Å². The molecule has 1 atom stereocenters. The van der Waals surface area contributed by atoms with E-state index in [2.05, 4.69) is 15.5 Å². The molecule has 78 valence electrons. The number of hydrogen-bond donors (Lipinski definition) is 2. The Morgan fingerprint density at radius 3 is 2.93 bits per heavy atom. The van der Waals surface area contributed by atoms with E-state index in [0.29, 0.717) is 5.92 Å². The van der Waals surface area contributed by atoms with E-state index in [9.17, 15) is 0 Å². The van der Waals surface area contributed by atoms with Crippen LogP contribution in [0.3, 0.4) is 0 Å². The van der Waals surface area contributed by atoms with E-state index in [4.69, 9.17) is 5.11 Å². The van der Waals surface area contributed by atoms with E-state index in [0.717, 1.165) is 16.6 Å². The average Bonchev–Trinajstić information content (AvgIpc) is 2.96. The van der Waals surface area contributed by atoms with Gasteiger partial charge in [-0.25, -0.2) is 0 Å². The third-order valence-corrected chi connectivity index (χ3v) is 3.42. The second kappa shape index (κ2) is 4.23. The number of aliphatic hydroxyl groups is 1. The van der Waals surface area contributed by atoms with Crippen LogP contribution in [0, 0.1) is 0 Å². The summed E-state index contributed by atoms with van der Waals surface area (Å²) in [6, 6.07) is 0.106. The number of rotatable bonds is 5. The van der Waals surface area contributed by atoms with Gasteiger partial charge < -0.3 is 10.4 Å². The van der Waals surface area contributed by atoms with E-state index in [-0.39, 0.29) is 12.6 Å². The van der Waals surface area contributed by atoms with Crippen molar-refractivity contribution in [2.24, 2.45) is 0 Å². The Balaban J connectivity index is 1.94. The molecule has 0 radical (unpaired) electrons. The predicted molar refractivity (Wildman–Crippen MR) is 56.7 cm³/mol. The maximum absolute atomic E-state index is 9.01. The van der Waals surface area contributed by atoms with Crippen LogP contribution in [-0.4, -0.2) is 28.0 Å². The molecule has 1 saturated carbocycles. The van der Waals surface area contributed by atoms with Gasteiger partial charge in [-0.05, 0) is 19.3 Å². The minimum absolute atomic E-state index is 0.106. The van der Waals surface area contributed by atoms with Crippen LogP contribution in [0.1, 0.15) is 37.1 Å². The highest BCUT2D eigenvalue weighted by atomic mass is 32.1. The van der Waals surface area contributed by atoms with Gasteiger partial charge in [0.25, 0.3) is 0 Å². The van der Waals surface area contributed by atoms with E-state index in [1.165, 1.54) is 12.8 Å². The Kier molecular flexibility index (Phi) is 2.98. The highest BCUT2D eigenvalue weighted by Crippen LogP contribution is 2.42. The van der Waals surface area contributed by atoms with Crippen molar-refractivity contribution in [1.82, 2.24) is 10.2 Å². The molecule has 5 heteroatoms. The van der Waals surface area contributed by atoms with Crippen molar-refractivity contribution in [2.45, 2.75) is 38.1 Å². The van der Waals surface area contributed by atoms with E-state index in [1.807, 2.05) is 6.92 Å². The van der Waals surface area contributed by atoms with Crippen molar-refractivity contribution < 1.29 is 5.11 Å². The molecule has 1 unspecified atom stereocenters. The third kappa shape index (κ3) is 2.22. The van der Waals surface area contributed by atoms with E-state index in [1.54, 1.807) is 11.3 Å². The number of hydrogen-bond acceptors (Lipinski definition) is 5. The third-order valence-electron chi connectivity index (χ3n) is 2.41. The fraction of sp³-hybridized carbons (Fsp3) is 0.778. The summed E-state index contributed by atoms with van der Waals surface area (Å²) < 4.78 is 0. The lowest BCUT2D eigenvalue weighted by Crippen LogP contribution is -2.22. The molecule has 14 heavy (non-hydrogen) atoms. The minimum Gasteiger partial charge on any atom is -0.394 e. The quantitative estimate of drug-likeness (QED) is 0.780. The van der Waals surface area contributed by atoms with Gasteiger partial charge in [-0.3, -0.25) is 0 Å². The first-order chi connectivity index (χ1) is 6.83. The van der Waals surface area contributed by atoms with Crippen LogP contribution in [-0.2, 0) is 0 Å². The second-order valence-electron chi connectivity index (χ2n) is 3.65. The zero-order valence-corrected chi connectivity index (χ0v) is 9.05. The van der Waals surface area contributed by atoms with Crippen molar-refractivity contribution in [3.63, 3.8) is 0 Å². The van der Waals surface area contributed by atoms with Gasteiger partial charge in [-0.1, -0.05) is 18.3 Å². The molecular formula is C9H15N3OS. The fourth-order valence-electron chi connectivity index (χ4n) is 1.24.